The summed E-state index contributed by atoms with van der Waals surface area (Å²) in [7, 11) is 0. The van der Waals surface area contributed by atoms with Gasteiger partial charge in [0.05, 0.1) is 5.02 Å². The van der Waals surface area contributed by atoms with E-state index in [2.05, 4.69) is 45.5 Å². The first kappa shape index (κ1) is 12.2. The molecule has 0 radical (unpaired) electrons. The van der Waals surface area contributed by atoms with E-state index < -0.39 is 0 Å². The average Bonchev–Trinajstić information content (AvgIpc) is 2.30. The number of hydrogen-bond acceptors (Lipinski definition) is 2. The lowest BCUT2D eigenvalue weighted by Crippen LogP contribution is -2.30. The molecular weight excluding hydrogens is 335 g/mol. The number of hydrogen-bond donors (Lipinski definition) is 0. The fourth-order valence-electron chi connectivity index (χ4n) is 1.85. The van der Waals surface area contributed by atoms with E-state index in [9.17, 15) is 0 Å². The van der Waals surface area contributed by atoms with Crippen molar-refractivity contribution >= 4 is 40.0 Å². The minimum atomic E-state index is 0.624. The predicted octanol–water partition coefficient (Wildman–Crippen LogP) is 3.70. The molecule has 0 bridgehead atoms. The molecule has 0 amide bonds. The number of nitrogens with zero attached hydrogens (tertiary/aromatic N) is 2. The highest BCUT2D eigenvalue weighted by Gasteiger charge is 2.17. The highest BCUT2D eigenvalue weighted by Crippen LogP contribution is 2.27. The first-order valence-electron chi connectivity index (χ1n) is 5.37. The van der Waals surface area contributed by atoms with Gasteiger partial charge >= 0.3 is 0 Å². The standard InChI is InChI=1S/C12H14ClIN2/c1-9(14)10-4-7-16(8-5-10)12-11(13)3-2-6-15-12/h2-4,6,9H,5,7-8H2,1H3. The topological polar surface area (TPSA) is 16.1 Å². The second kappa shape index (κ2) is 5.36. The third-order valence-electron chi connectivity index (χ3n) is 2.79. The molecule has 1 aliphatic heterocycles. The minimum Gasteiger partial charge on any atom is -0.351 e. The molecule has 0 N–H and O–H groups in total. The van der Waals surface area contributed by atoms with Crippen molar-refractivity contribution in [1.82, 2.24) is 4.98 Å². The Morgan fingerprint density at radius 1 is 1.56 bits per heavy atom. The van der Waals surface area contributed by atoms with Gasteiger partial charge in [-0.25, -0.2) is 4.98 Å². The van der Waals surface area contributed by atoms with E-state index in [1.165, 1.54) is 5.57 Å². The molecule has 2 nitrogen and oxygen atoms in total. The number of pyridine rings is 1. The van der Waals surface area contributed by atoms with Crippen molar-refractivity contribution in [2.24, 2.45) is 0 Å². The number of alkyl halides is 1. The van der Waals surface area contributed by atoms with Crippen molar-refractivity contribution in [3.63, 3.8) is 0 Å². The Morgan fingerprint density at radius 3 is 2.94 bits per heavy atom. The average molecular weight is 349 g/mol. The van der Waals surface area contributed by atoms with Crippen LogP contribution in [0.4, 0.5) is 5.82 Å². The monoisotopic (exact) mass is 348 g/mol. The highest BCUT2D eigenvalue weighted by atomic mass is 127. The van der Waals surface area contributed by atoms with Crippen molar-refractivity contribution in [2.45, 2.75) is 17.3 Å². The second-order valence-corrected chi connectivity index (χ2v) is 6.18. The van der Waals surface area contributed by atoms with Gasteiger partial charge < -0.3 is 4.90 Å². The zero-order valence-corrected chi connectivity index (χ0v) is 12.1. The number of halogens is 2. The van der Waals surface area contributed by atoms with Crippen LogP contribution in [0.5, 0.6) is 0 Å². The Morgan fingerprint density at radius 2 is 2.38 bits per heavy atom. The molecule has 1 unspecified atom stereocenters. The van der Waals surface area contributed by atoms with Crippen molar-refractivity contribution in [2.75, 3.05) is 18.0 Å². The van der Waals surface area contributed by atoms with Gasteiger partial charge in [-0.3, -0.25) is 0 Å². The number of rotatable bonds is 2. The Bertz CT molecular complexity index is 404. The Kier molecular flexibility index (Phi) is 4.08. The van der Waals surface area contributed by atoms with Crippen LogP contribution in [-0.4, -0.2) is 22.0 Å². The van der Waals surface area contributed by atoms with Crippen LogP contribution in [0.3, 0.4) is 0 Å². The highest BCUT2D eigenvalue weighted by molar-refractivity contribution is 14.1. The van der Waals surface area contributed by atoms with Crippen molar-refractivity contribution in [3.05, 3.63) is 35.0 Å². The largest absolute Gasteiger partial charge is 0.351 e. The van der Waals surface area contributed by atoms with Crippen LogP contribution in [-0.2, 0) is 0 Å². The molecule has 0 spiro atoms. The first-order chi connectivity index (χ1) is 7.68. The summed E-state index contributed by atoms with van der Waals surface area (Å²) in [5, 5.41) is 0.738. The van der Waals surface area contributed by atoms with Crippen LogP contribution in [0, 0.1) is 0 Å². The lowest BCUT2D eigenvalue weighted by molar-refractivity contribution is 0.762. The maximum atomic E-state index is 6.13. The summed E-state index contributed by atoms with van der Waals surface area (Å²) in [6, 6.07) is 3.76. The van der Waals surface area contributed by atoms with Gasteiger partial charge in [-0.1, -0.05) is 45.8 Å². The van der Waals surface area contributed by atoms with Crippen LogP contribution in [0.15, 0.2) is 30.0 Å². The maximum Gasteiger partial charge on any atom is 0.147 e. The Balaban J connectivity index is 2.13. The van der Waals surface area contributed by atoms with Crippen molar-refractivity contribution in [1.29, 1.82) is 0 Å². The SMILES string of the molecule is CC(I)C1=CCN(c2ncccc2Cl)CC1. The molecule has 1 aromatic rings. The van der Waals surface area contributed by atoms with Crippen LogP contribution >= 0.6 is 34.2 Å². The second-order valence-electron chi connectivity index (χ2n) is 3.90. The van der Waals surface area contributed by atoms with Gasteiger partial charge in [0.25, 0.3) is 0 Å². The quantitative estimate of drug-likeness (QED) is 0.460. The fraction of sp³-hybridized carbons (Fsp3) is 0.417. The molecule has 0 saturated carbocycles. The third-order valence-corrected chi connectivity index (χ3v) is 3.89. The van der Waals surface area contributed by atoms with E-state index >= 15 is 0 Å². The Hall–Kier alpha value is -0.290. The molecule has 0 aliphatic carbocycles. The third kappa shape index (κ3) is 2.69. The molecule has 1 atom stereocenters. The molecule has 2 rings (SSSR count). The summed E-state index contributed by atoms with van der Waals surface area (Å²) in [5.74, 6) is 0.903. The van der Waals surface area contributed by atoms with Crippen LogP contribution in [0.1, 0.15) is 13.3 Å². The fourth-order valence-corrected chi connectivity index (χ4v) is 2.66. The summed E-state index contributed by atoms with van der Waals surface area (Å²) in [6.07, 6.45) is 5.20. The maximum absolute atomic E-state index is 6.13. The van der Waals surface area contributed by atoms with E-state index in [1.807, 2.05) is 12.1 Å². The van der Waals surface area contributed by atoms with Crippen LogP contribution in [0.25, 0.3) is 0 Å². The molecule has 0 fully saturated rings. The Labute approximate surface area is 115 Å². The van der Waals surface area contributed by atoms with Gasteiger partial charge in [0.1, 0.15) is 5.82 Å². The van der Waals surface area contributed by atoms with Gasteiger partial charge in [-0.05, 0) is 25.5 Å². The van der Waals surface area contributed by atoms with E-state index in [4.69, 9.17) is 11.6 Å². The van der Waals surface area contributed by atoms with Gasteiger partial charge in [-0.15, -0.1) is 0 Å². The molecule has 1 aromatic heterocycles. The zero-order valence-electron chi connectivity index (χ0n) is 9.16. The molecule has 2 heterocycles. The van der Waals surface area contributed by atoms with Gasteiger partial charge in [0.2, 0.25) is 0 Å². The summed E-state index contributed by atoms with van der Waals surface area (Å²) in [6.45, 7) is 4.16. The summed E-state index contributed by atoms with van der Waals surface area (Å²) < 4.78 is 0.624. The molecule has 86 valence electrons. The first-order valence-corrected chi connectivity index (χ1v) is 6.99. The summed E-state index contributed by atoms with van der Waals surface area (Å²) in [5.41, 5.74) is 1.53. The smallest absolute Gasteiger partial charge is 0.147 e. The van der Waals surface area contributed by atoms with Crippen LogP contribution in [0.2, 0.25) is 5.02 Å². The van der Waals surface area contributed by atoms with Gasteiger partial charge in [-0.2, -0.15) is 0 Å². The van der Waals surface area contributed by atoms with Gasteiger partial charge in [0, 0.05) is 23.2 Å². The molecular formula is C12H14ClIN2. The van der Waals surface area contributed by atoms with Crippen molar-refractivity contribution < 1.29 is 0 Å². The van der Waals surface area contributed by atoms with E-state index in [0.717, 1.165) is 30.4 Å². The van der Waals surface area contributed by atoms with E-state index in [0.29, 0.717) is 3.92 Å². The molecule has 0 saturated heterocycles. The van der Waals surface area contributed by atoms with Crippen molar-refractivity contribution in [3.8, 4) is 0 Å². The molecule has 16 heavy (non-hydrogen) atoms. The number of aromatic nitrogens is 1. The number of anilines is 1. The molecule has 4 heteroatoms. The minimum absolute atomic E-state index is 0.624. The van der Waals surface area contributed by atoms with E-state index in [1.54, 1.807) is 6.20 Å². The predicted molar refractivity (Wildman–Crippen MR) is 77.6 cm³/mol. The lowest BCUT2D eigenvalue weighted by Gasteiger charge is -2.28. The van der Waals surface area contributed by atoms with Gasteiger partial charge in [0.15, 0.2) is 0 Å². The summed E-state index contributed by atoms with van der Waals surface area (Å²) >= 11 is 8.59. The normalized spacial score (nSPS) is 18.2. The van der Waals surface area contributed by atoms with E-state index in [-0.39, 0.29) is 0 Å². The molecule has 1 aliphatic rings. The zero-order chi connectivity index (χ0) is 11.5. The van der Waals surface area contributed by atoms with Crippen LogP contribution < -0.4 is 4.90 Å². The lowest BCUT2D eigenvalue weighted by atomic mass is 10.1. The molecule has 0 aromatic carbocycles. The summed E-state index contributed by atoms with van der Waals surface area (Å²) in [4.78, 5) is 6.56.